The first-order chi connectivity index (χ1) is 13.4. The van der Waals surface area contributed by atoms with Crippen LogP contribution < -0.4 is 5.32 Å². The Morgan fingerprint density at radius 2 is 1.83 bits per heavy atom. The molecule has 11 heteroatoms. The number of ether oxygens (including phenoxy) is 4. The van der Waals surface area contributed by atoms with Gasteiger partial charge in [0.2, 0.25) is 0 Å². The number of aliphatic hydroxyl groups is 2. The van der Waals surface area contributed by atoms with Crippen molar-refractivity contribution >= 4 is 29.8 Å². The largest absolute Gasteiger partial charge is 0.467 e. The summed E-state index contributed by atoms with van der Waals surface area (Å²) in [5, 5.41) is 23.0. The highest BCUT2D eigenvalue weighted by Crippen LogP contribution is 2.32. The topological polar surface area (TPSA) is 141 Å². The van der Waals surface area contributed by atoms with Gasteiger partial charge in [0.05, 0.1) is 19.3 Å². The first kappa shape index (κ1) is 25.5. The van der Waals surface area contributed by atoms with Crippen molar-refractivity contribution in [3.8, 4) is 0 Å². The second-order valence-corrected chi connectivity index (χ2v) is 8.87. The van der Waals surface area contributed by atoms with Crippen molar-refractivity contribution in [1.82, 2.24) is 5.32 Å². The molecular formula is C18H31NO9S. The molecule has 3 unspecified atom stereocenters. The summed E-state index contributed by atoms with van der Waals surface area (Å²) in [6.45, 7) is 7.91. The van der Waals surface area contributed by atoms with Crippen molar-refractivity contribution < 1.29 is 43.5 Å². The second-order valence-electron chi connectivity index (χ2n) is 7.74. The molecule has 1 fully saturated rings. The zero-order chi connectivity index (χ0) is 22.4. The second kappa shape index (κ2) is 11.0. The lowest BCUT2D eigenvalue weighted by Crippen LogP contribution is -2.54. The number of hydrogen-bond donors (Lipinski definition) is 3. The van der Waals surface area contributed by atoms with E-state index in [2.05, 4.69) is 5.32 Å². The van der Waals surface area contributed by atoms with Crippen LogP contribution in [0.3, 0.4) is 0 Å². The number of alkyl carbamates (subject to hydrolysis) is 1. The van der Waals surface area contributed by atoms with E-state index >= 15 is 0 Å². The summed E-state index contributed by atoms with van der Waals surface area (Å²) in [7, 11) is 1.18. The summed E-state index contributed by atoms with van der Waals surface area (Å²) in [5.74, 6) is -1.66. The Bertz CT molecular complexity index is 580. The Labute approximate surface area is 174 Å². The molecule has 0 aromatic carbocycles. The molecule has 0 aromatic rings. The molecule has 29 heavy (non-hydrogen) atoms. The number of thioether (sulfide) groups is 1. The molecule has 0 bridgehead atoms. The molecular weight excluding hydrogens is 406 g/mol. The minimum Gasteiger partial charge on any atom is -0.467 e. The smallest absolute Gasteiger partial charge is 0.408 e. The molecule has 1 heterocycles. The van der Waals surface area contributed by atoms with Gasteiger partial charge in [0.15, 0.2) is 0 Å². The van der Waals surface area contributed by atoms with E-state index in [9.17, 15) is 24.6 Å². The Morgan fingerprint density at radius 1 is 1.21 bits per heavy atom. The molecule has 1 saturated heterocycles. The van der Waals surface area contributed by atoms with E-state index in [1.807, 2.05) is 0 Å². The molecule has 10 nitrogen and oxygen atoms in total. The van der Waals surface area contributed by atoms with Crippen molar-refractivity contribution in [2.75, 3.05) is 19.5 Å². The van der Waals surface area contributed by atoms with Gasteiger partial charge in [0.25, 0.3) is 0 Å². The molecule has 0 saturated carbocycles. The van der Waals surface area contributed by atoms with Crippen LogP contribution in [-0.2, 0) is 28.5 Å². The van der Waals surface area contributed by atoms with Gasteiger partial charge in [0.1, 0.15) is 29.8 Å². The van der Waals surface area contributed by atoms with Crippen LogP contribution in [0.15, 0.2) is 0 Å². The molecule has 0 radical (unpaired) electrons. The van der Waals surface area contributed by atoms with E-state index in [4.69, 9.17) is 18.9 Å². The summed E-state index contributed by atoms with van der Waals surface area (Å²) in [6.07, 6.45) is -3.77. The maximum Gasteiger partial charge on any atom is 0.408 e. The minimum atomic E-state index is -1.23. The van der Waals surface area contributed by atoms with Gasteiger partial charge in [-0.15, -0.1) is 11.8 Å². The van der Waals surface area contributed by atoms with Gasteiger partial charge in [-0.25, -0.2) is 9.59 Å². The van der Waals surface area contributed by atoms with E-state index in [0.29, 0.717) is 0 Å². The fourth-order valence-corrected chi connectivity index (χ4v) is 3.73. The number of carbonyl (C=O) groups is 3. The van der Waals surface area contributed by atoms with Crippen LogP contribution in [0.2, 0.25) is 0 Å². The maximum absolute atomic E-state index is 12.0. The number of methoxy groups -OCH3 is 1. The van der Waals surface area contributed by atoms with Crippen LogP contribution in [0.25, 0.3) is 0 Å². The molecule has 1 aliphatic heterocycles. The quantitative estimate of drug-likeness (QED) is 0.379. The lowest BCUT2D eigenvalue weighted by atomic mass is 9.92. The van der Waals surface area contributed by atoms with Crippen LogP contribution in [0, 0.1) is 5.92 Å². The molecule has 1 aliphatic rings. The molecule has 0 aliphatic carbocycles. The van der Waals surface area contributed by atoms with Crippen LogP contribution >= 0.6 is 11.8 Å². The van der Waals surface area contributed by atoms with Gasteiger partial charge in [-0.05, 0) is 20.8 Å². The molecule has 0 aromatic heterocycles. The van der Waals surface area contributed by atoms with Gasteiger partial charge < -0.3 is 34.5 Å². The third-order valence-corrected chi connectivity index (χ3v) is 5.36. The molecule has 0 spiro atoms. The highest BCUT2D eigenvalue weighted by atomic mass is 32.2. The van der Waals surface area contributed by atoms with E-state index in [1.54, 1.807) is 27.7 Å². The normalized spacial score (nSPS) is 28.2. The third-order valence-electron chi connectivity index (χ3n) is 4.12. The highest BCUT2D eigenvalue weighted by Gasteiger charge is 2.43. The number of nitrogens with one attached hydrogen (secondary N) is 1. The predicted octanol–water partition coefficient (Wildman–Crippen LogP) is 0.432. The fraction of sp³-hybridized carbons (Fsp3) is 0.833. The van der Waals surface area contributed by atoms with Gasteiger partial charge in [0, 0.05) is 18.6 Å². The summed E-state index contributed by atoms with van der Waals surface area (Å²) in [5.41, 5.74) is -1.65. The number of hydrogen-bond acceptors (Lipinski definition) is 10. The zero-order valence-electron chi connectivity index (χ0n) is 17.5. The summed E-state index contributed by atoms with van der Waals surface area (Å²) in [4.78, 5) is 35.0. The standard InChI is InChI=1S/C18H31NO9S/c1-9-12(7-26-10(2)20)27-16(14(22)13(9)21)29-8-11(15(23)25-6)19-17(24)28-18(3,4)5/h9,11-14,16,21-22H,7-8H2,1-6H3,(H,19,24)/t9-,11?,12?,13+,14?,16+/m1/s1. The number of esters is 2. The van der Waals surface area contributed by atoms with Gasteiger partial charge in [-0.2, -0.15) is 0 Å². The lowest BCUT2D eigenvalue weighted by Gasteiger charge is -2.41. The summed E-state index contributed by atoms with van der Waals surface area (Å²) < 4.78 is 20.6. The molecule has 168 valence electrons. The monoisotopic (exact) mass is 437 g/mol. The van der Waals surface area contributed by atoms with E-state index in [-0.39, 0.29) is 12.4 Å². The number of rotatable bonds is 7. The van der Waals surface area contributed by atoms with Crippen molar-refractivity contribution in [3.63, 3.8) is 0 Å². The highest BCUT2D eigenvalue weighted by molar-refractivity contribution is 7.99. The zero-order valence-corrected chi connectivity index (χ0v) is 18.4. The molecule has 3 N–H and O–H groups in total. The van der Waals surface area contributed by atoms with E-state index in [1.165, 1.54) is 14.0 Å². The number of carbonyl (C=O) groups excluding carboxylic acids is 3. The SMILES string of the molecule is COC(=O)C(CS[C@@H]1OC(COC(C)=O)[C@@H](C)[C@H](O)C1O)NC(=O)OC(C)(C)C. The van der Waals surface area contributed by atoms with Gasteiger partial charge >= 0.3 is 18.0 Å². The van der Waals surface area contributed by atoms with E-state index in [0.717, 1.165) is 11.8 Å². The number of amides is 1. The van der Waals surface area contributed by atoms with Crippen molar-refractivity contribution in [2.24, 2.45) is 5.92 Å². The van der Waals surface area contributed by atoms with Crippen LogP contribution in [0.1, 0.15) is 34.6 Å². The van der Waals surface area contributed by atoms with Crippen molar-refractivity contribution in [3.05, 3.63) is 0 Å². The molecule has 6 atom stereocenters. The average Bonchev–Trinajstić information content (AvgIpc) is 2.61. The number of aliphatic hydroxyl groups excluding tert-OH is 2. The summed E-state index contributed by atoms with van der Waals surface area (Å²) >= 11 is 1.02. The lowest BCUT2D eigenvalue weighted by molar-refractivity contribution is -0.184. The molecule has 1 amide bonds. The predicted molar refractivity (Wildman–Crippen MR) is 104 cm³/mol. The Kier molecular flexibility index (Phi) is 9.66. The fourth-order valence-electron chi connectivity index (χ4n) is 2.55. The maximum atomic E-state index is 12.0. The van der Waals surface area contributed by atoms with Crippen LogP contribution in [0.5, 0.6) is 0 Å². The first-order valence-electron chi connectivity index (χ1n) is 9.19. The first-order valence-corrected chi connectivity index (χ1v) is 10.2. The minimum absolute atomic E-state index is 0.00493. The third kappa shape index (κ3) is 8.37. The van der Waals surface area contributed by atoms with Crippen LogP contribution in [-0.4, -0.2) is 83.1 Å². The Morgan fingerprint density at radius 3 is 2.34 bits per heavy atom. The van der Waals surface area contributed by atoms with E-state index < -0.39 is 59.3 Å². The summed E-state index contributed by atoms with van der Waals surface area (Å²) in [6, 6.07) is -1.06. The van der Waals surface area contributed by atoms with Gasteiger partial charge in [-0.1, -0.05) is 6.92 Å². The van der Waals surface area contributed by atoms with Crippen LogP contribution in [0.4, 0.5) is 4.79 Å². The Hall–Kier alpha value is -1.56. The average molecular weight is 438 g/mol. The molecule has 1 rings (SSSR count). The Balaban J connectivity index is 2.76. The van der Waals surface area contributed by atoms with Gasteiger partial charge in [-0.3, -0.25) is 4.79 Å². The van der Waals surface area contributed by atoms with Crippen molar-refractivity contribution in [2.45, 2.75) is 70.0 Å². The van der Waals surface area contributed by atoms with Crippen molar-refractivity contribution in [1.29, 1.82) is 0 Å².